The van der Waals surface area contributed by atoms with Crippen LogP contribution in [0, 0.1) is 13.8 Å². The highest BCUT2D eigenvalue weighted by Crippen LogP contribution is 2.21. The Balaban J connectivity index is 2.04. The normalized spacial score (nSPS) is 15.1. The Morgan fingerprint density at radius 2 is 1.95 bits per heavy atom. The predicted molar refractivity (Wildman–Crippen MR) is 80.8 cm³/mol. The molecular formula is C15H18N4O3. The third-order valence-electron chi connectivity index (χ3n) is 3.68. The van der Waals surface area contributed by atoms with E-state index in [4.69, 9.17) is 4.74 Å². The number of carbonyl (C=O) groups is 1. The second-order valence-electron chi connectivity index (χ2n) is 5.36. The molecule has 1 aliphatic heterocycles. The Morgan fingerprint density at radius 1 is 1.23 bits per heavy atom. The fraction of sp³-hybridized carbons (Fsp3) is 0.400. The van der Waals surface area contributed by atoms with Crippen LogP contribution in [0.5, 0.6) is 0 Å². The topological polar surface area (TPSA) is 80.5 Å². The lowest BCUT2D eigenvalue weighted by molar-refractivity contribution is 0.0689. The standard InChI is InChI=1S/C15H18N4O3/c1-10-3-4-12(11(2)9-10)19-16-13(15(20)21)14(17-19)18-5-7-22-8-6-18/h3-4,9H,5-8H2,1-2H3,(H,20,21). The van der Waals surface area contributed by atoms with Crippen LogP contribution < -0.4 is 4.90 Å². The van der Waals surface area contributed by atoms with Gasteiger partial charge in [0.1, 0.15) is 0 Å². The molecule has 22 heavy (non-hydrogen) atoms. The molecule has 1 N–H and O–H groups in total. The number of benzene rings is 1. The van der Waals surface area contributed by atoms with Gasteiger partial charge in [-0.1, -0.05) is 17.7 Å². The number of rotatable bonds is 3. The van der Waals surface area contributed by atoms with Crippen molar-refractivity contribution in [1.29, 1.82) is 0 Å². The summed E-state index contributed by atoms with van der Waals surface area (Å²) in [7, 11) is 0. The van der Waals surface area contributed by atoms with Gasteiger partial charge in [0.25, 0.3) is 0 Å². The highest BCUT2D eigenvalue weighted by atomic mass is 16.5. The third-order valence-corrected chi connectivity index (χ3v) is 3.68. The van der Waals surface area contributed by atoms with Gasteiger partial charge in [0, 0.05) is 13.1 Å². The summed E-state index contributed by atoms with van der Waals surface area (Å²) in [5.41, 5.74) is 2.90. The Hall–Kier alpha value is -2.41. The summed E-state index contributed by atoms with van der Waals surface area (Å²) in [6.45, 7) is 6.33. The Kier molecular flexibility index (Phi) is 3.81. The summed E-state index contributed by atoms with van der Waals surface area (Å²) in [5, 5.41) is 18.0. The van der Waals surface area contributed by atoms with Crippen molar-refractivity contribution >= 4 is 11.8 Å². The zero-order valence-corrected chi connectivity index (χ0v) is 12.6. The average molecular weight is 302 g/mol. The van der Waals surface area contributed by atoms with Gasteiger partial charge >= 0.3 is 5.97 Å². The van der Waals surface area contributed by atoms with Gasteiger partial charge in [0.05, 0.1) is 18.9 Å². The molecule has 2 aromatic rings. The van der Waals surface area contributed by atoms with Crippen LogP contribution >= 0.6 is 0 Å². The summed E-state index contributed by atoms with van der Waals surface area (Å²) < 4.78 is 5.30. The molecule has 0 aliphatic carbocycles. The number of aromatic nitrogens is 3. The minimum absolute atomic E-state index is 0.0260. The molecule has 0 amide bonds. The Labute approximate surface area is 128 Å². The highest BCUT2D eigenvalue weighted by Gasteiger charge is 2.25. The number of nitrogens with zero attached hydrogens (tertiary/aromatic N) is 4. The first kappa shape index (κ1) is 14.5. The number of morpholine rings is 1. The number of aryl methyl sites for hydroxylation is 2. The van der Waals surface area contributed by atoms with Crippen molar-refractivity contribution in [1.82, 2.24) is 15.0 Å². The van der Waals surface area contributed by atoms with Crippen molar-refractivity contribution in [2.75, 3.05) is 31.2 Å². The summed E-state index contributed by atoms with van der Waals surface area (Å²) in [6, 6.07) is 5.88. The van der Waals surface area contributed by atoms with Crippen molar-refractivity contribution in [2.24, 2.45) is 0 Å². The average Bonchev–Trinajstić information content (AvgIpc) is 2.93. The number of hydrogen-bond donors (Lipinski definition) is 1. The maximum absolute atomic E-state index is 11.5. The summed E-state index contributed by atoms with van der Waals surface area (Å²) in [6.07, 6.45) is 0. The van der Waals surface area contributed by atoms with E-state index in [1.165, 1.54) is 4.80 Å². The molecule has 0 unspecified atom stereocenters. The minimum atomic E-state index is -1.07. The molecule has 0 atom stereocenters. The van der Waals surface area contributed by atoms with E-state index in [1.807, 2.05) is 36.9 Å². The molecule has 0 radical (unpaired) electrons. The van der Waals surface area contributed by atoms with E-state index in [0.29, 0.717) is 32.1 Å². The van der Waals surface area contributed by atoms with Crippen LogP contribution in [-0.2, 0) is 4.74 Å². The van der Waals surface area contributed by atoms with Crippen LogP contribution in [0.2, 0.25) is 0 Å². The summed E-state index contributed by atoms with van der Waals surface area (Å²) in [4.78, 5) is 14.8. The lowest BCUT2D eigenvalue weighted by Gasteiger charge is -2.26. The van der Waals surface area contributed by atoms with Crippen molar-refractivity contribution in [2.45, 2.75) is 13.8 Å². The van der Waals surface area contributed by atoms with Gasteiger partial charge in [0.2, 0.25) is 5.69 Å². The Morgan fingerprint density at radius 3 is 2.59 bits per heavy atom. The van der Waals surface area contributed by atoms with E-state index >= 15 is 0 Å². The molecule has 0 saturated carbocycles. The van der Waals surface area contributed by atoms with Crippen LogP contribution in [0.3, 0.4) is 0 Å². The molecular weight excluding hydrogens is 284 g/mol. The predicted octanol–water partition coefficient (Wildman–Crippen LogP) is 1.42. The largest absolute Gasteiger partial charge is 0.476 e. The third kappa shape index (κ3) is 2.67. The first-order chi connectivity index (χ1) is 10.6. The number of carboxylic acid groups (broad SMARTS) is 1. The van der Waals surface area contributed by atoms with E-state index in [0.717, 1.165) is 16.8 Å². The molecule has 7 heteroatoms. The quantitative estimate of drug-likeness (QED) is 0.923. The molecule has 116 valence electrons. The van der Waals surface area contributed by atoms with Gasteiger partial charge in [0.15, 0.2) is 5.82 Å². The SMILES string of the molecule is Cc1ccc(-n2nc(C(=O)O)c(N3CCOCC3)n2)c(C)c1. The van der Waals surface area contributed by atoms with Gasteiger partial charge in [-0.25, -0.2) is 4.79 Å². The van der Waals surface area contributed by atoms with E-state index in [9.17, 15) is 9.90 Å². The molecule has 3 rings (SSSR count). The van der Waals surface area contributed by atoms with Crippen LogP contribution in [0.1, 0.15) is 21.6 Å². The zero-order chi connectivity index (χ0) is 15.7. The fourth-order valence-corrected chi connectivity index (χ4v) is 2.56. The lowest BCUT2D eigenvalue weighted by atomic mass is 10.1. The van der Waals surface area contributed by atoms with Gasteiger partial charge in [-0.05, 0) is 25.5 Å². The van der Waals surface area contributed by atoms with Crippen LogP contribution in [-0.4, -0.2) is 52.4 Å². The molecule has 1 aliphatic rings. The number of hydrogen-bond acceptors (Lipinski definition) is 5. The Bertz CT molecular complexity index is 705. The zero-order valence-electron chi connectivity index (χ0n) is 12.6. The number of carboxylic acids is 1. The number of aromatic carboxylic acids is 1. The molecule has 1 aromatic heterocycles. The van der Waals surface area contributed by atoms with Gasteiger partial charge in [-0.3, -0.25) is 0 Å². The van der Waals surface area contributed by atoms with Gasteiger partial charge in [-0.2, -0.15) is 0 Å². The van der Waals surface area contributed by atoms with E-state index in [2.05, 4.69) is 10.2 Å². The summed E-state index contributed by atoms with van der Waals surface area (Å²) in [5.74, 6) is -0.673. The van der Waals surface area contributed by atoms with Crippen LogP contribution in [0.15, 0.2) is 18.2 Å². The van der Waals surface area contributed by atoms with Crippen molar-refractivity contribution in [3.8, 4) is 5.69 Å². The van der Waals surface area contributed by atoms with E-state index < -0.39 is 5.97 Å². The first-order valence-electron chi connectivity index (χ1n) is 7.17. The first-order valence-corrected chi connectivity index (χ1v) is 7.17. The molecule has 1 aromatic carbocycles. The summed E-state index contributed by atoms with van der Waals surface area (Å²) >= 11 is 0. The molecule has 2 heterocycles. The second-order valence-corrected chi connectivity index (χ2v) is 5.36. The van der Waals surface area contributed by atoms with Crippen LogP contribution in [0.4, 0.5) is 5.82 Å². The minimum Gasteiger partial charge on any atom is -0.476 e. The van der Waals surface area contributed by atoms with Gasteiger partial charge < -0.3 is 14.7 Å². The number of anilines is 1. The number of ether oxygens (including phenoxy) is 1. The molecule has 1 saturated heterocycles. The maximum atomic E-state index is 11.5. The maximum Gasteiger partial charge on any atom is 0.360 e. The van der Waals surface area contributed by atoms with Gasteiger partial charge in [-0.15, -0.1) is 15.0 Å². The van der Waals surface area contributed by atoms with Crippen molar-refractivity contribution in [3.05, 3.63) is 35.0 Å². The van der Waals surface area contributed by atoms with E-state index in [-0.39, 0.29) is 5.69 Å². The van der Waals surface area contributed by atoms with Crippen molar-refractivity contribution < 1.29 is 14.6 Å². The molecule has 0 bridgehead atoms. The second kappa shape index (κ2) is 5.76. The smallest absolute Gasteiger partial charge is 0.360 e. The van der Waals surface area contributed by atoms with Crippen molar-refractivity contribution in [3.63, 3.8) is 0 Å². The fourth-order valence-electron chi connectivity index (χ4n) is 2.56. The molecule has 1 fully saturated rings. The lowest BCUT2D eigenvalue weighted by Crippen LogP contribution is -2.37. The molecule has 7 nitrogen and oxygen atoms in total. The molecule has 0 spiro atoms. The highest BCUT2D eigenvalue weighted by molar-refractivity contribution is 5.91. The van der Waals surface area contributed by atoms with Crippen LogP contribution in [0.25, 0.3) is 5.69 Å². The monoisotopic (exact) mass is 302 g/mol. The van der Waals surface area contributed by atoms with E-state index in [1.54, 1.807) is 0 Å².